The van der Waals surface area contributed by atoms with Gasteiger partial charge in [-0.15, -0.1) is 0 Å². The highest BCUT2D eigenvalue weighted by Gasteiger charge is 2.10. The van der Waals surface area contributed by atoms with Gasteiger partial charge in [0.1, 0.15) is 0 Å². The molecular weight excluding hydrogens is 271 g/mol. The van der Waals surface area contributed by atoms with Crippen LogP contribution >= 0.6 is 0 Å². The number of hydrogen-bond acceptors (Lipinski definition) is 4. The molecular formula is C9H12F3N3O2S. The summed E-state index contributed by atoms with van der Waals surface area (Å²) in [5.41, 5.74) is 0. The lowest BCUT2D eigenvalue weighted by molar-refractivity contribution is 0.466. The zero-order valence-electron chi connectivity index (χ0n) is 9.50. The number of anilines is 1. The summed E-state index contributed by atoms with van der Waals surface area (Å²) in [6.07, 6.45) is 1.35. The van der Waals surface area contributed by atoms with E-state index in [-0.39, 0.29) is 13.1 Å². The van der Waals surface area contributed by atoms with E-state index in [4.69, 9.17) is 0 Å². The SMILES string of the molecule is CS(=O)(=O)NCCCNc1nc(F)c(F)cc1F. The number of rotatable bonds is 6. The Labute approximate surface area is 102 Å². The van der Waals surface area contributed by atoms with Gasteiger partial charge in [-0.1, -0.05) is 0 Å². The van der Waals surface area contributed by atoms with E-state index in [9.17, 15) is 21.6 Å². The molecule has 0 unspecified atom stereocenters. The number of hydrogen-bond donors (Lipinski definition) is 2. The molecule has 0 aliphatic carbocycles. The van der Waals surface area contributed by atoms with Crippen LogP contribution in [0, 0.1) is 17.6 Å². The molecule has 18 heavy (non-hydrogen) atoms. The third kappa shape index (κ3) is 4.88. The molecule has 1 heterocycles. The van der Waals surface area contributed by atoms with Crippen molar-refractivity contribution in [1.29, 1.82) is 0 Å². The van der Waals surface area contributed by atoms with E-state index in [1.807, 2.05) is 0 Å². The summed E-state index contributed by atoms with van der Waals surface area (Å²) in [7, 11) is -3.27. The first kappa shape index (κ1) is 14.7. The van der Waals surface area contributed by atoms with E-state index >= 15 is 0 Å². The predicted octanol–water partition coefficient (Wildman–Crippen LogP) is 0.850. The first-order valence-electron chi connectivity index (χ1n) is 4.99. The Bertz CT molecular complexity index is 522. The first-order valence-corrected chi connectivity index (χ1v) is 6.89. The fourth-order valence-corrected chi connectivity index (χ4v) is 1.64. The van der Waals surface area contributed by atoms with Gasteiger partial charge >= 0.3 is 0 Å². The Hall–Kier alpha value is -1.35. The average Bonchev–Trinajstić information content (AvgIpc) is 2.23. The second-order valence-corrected chi connectivity index (χ2v) is 5.37. The Morgan fingerprint density at radius 3 is 2.50 bits per heavy atom. The van der Waals surface area contributed by atoms with Gasteiger partial charge in [-0.05, 0) is 6.42 Å². The molecule has 0 radical (unpaired) electrons. The molecule has 0 bridgehead atoms. The van der Waals surface area contributed by atoms with Crippen LogP contribution in [-0.4, -0.2) is 32.7 Å². The van der Waals surface area contributed by atoms with Gasteiger partial charge in [-0.3, -0.25) is 0 Å². The maximum absolute atomic E-state index is 13.1. The molecule has 2 N–H and O–H groups in total. The van der Waals surface area contributed by atoms with Gasteiger partial charge in [0.05, 0.1) is 6.26 Å². The van der Waals surface area contributed by atoms with Crippen molar-refractivity contribution >= 4 is 15.8 Å². The number of nitrogens with one attached hydrogen (secondary N) is 2. The predicted molar refractivity (Wildman–Crippen MR) is 60.1 cm³/mol. The van der Waals surface area contributed by atoms with E-state index in [2.05, 4.69) is 15.0 Å². The summed E-state index contributed by atoms with van der Waals surface area (Å²) in [5.74, 6) is -4.18. The van der Waals surface area contributed by atoms with Crippen molar-refractivity contribution in [2.45, 2.75) is 6.42 Å². The van der Waals surface area contributed by atoms with Crippen LogP contribution in [0.25, 0.3) is 0 Å². The first-order chi connectivity index (χ1) is 8.29. The van der Waals surface area contributed by atoms with Crippen LogP contribution < -0.4 is 10.0 Å². The molecule has 0 aliphatic heterocycles. The minimum atomic E-state index is -3.27. The summed E-state index contributed by atoms with van der Waals surface area (Å²) < 4.78 is 62.0. The lowest BCUT2D eigenvalue weighted by Gasteiger charge is -2.07. The highest BCUT2D eigenvalue weighted by molar-refractivity contribution is 7.88. The molecule has 0 saturated carbocycles. The molecule has 0 saturated heterocycles. The van der Waals surface area contributed by atoms with E-state index < -0.39 is 33.4 Å². The van der Waals surface area contributed by atoms with Crippen LogP contribution in [0.5, 0.6) is 0 Å². The number of nitrogens with zero attached hydrogens (tertiary/aromatic N) is 1. The highest BCUT2D eigenvalue weighted by Crippen LogP contribution is 2.13. The van der Waals surface area contributed by atoms with Crippen LogP contribution in [0.1, 0.15) is 6.42 Å². The number of aromatic nitrogens is 1. The molecule has 102 valence electrons. The van der Waals surface area contributed by atoms with Crippen LogP contribution in [0.4, 0.5) is 19.0 Å². The number of sulfonamides is 1. The van der Waals surface area contributed by atoms with Gasteiger partial charge in [-0.2, -0.15) is 9.37 Å². The molecule has 0 amide bonds. The monoisotopic (exact) mass is 283 g/mol. The van der Waals surface area contributed by atoms with Gasteiger partial charge in [0.25, 0.3) is 5.95 Å². The number of halogens is 3. The summed E-state index contributed by atoms with van der Waals surface area (Å²) in [5, 5.41) is 2.44. The molecule has 5 nitrogen and oxygen atoms in total. The Morgan fingerprint density at radius 1 is 1.22 bits per heavy atom. The van der Waals surface area contributed by atoms with Gasteiger partial charge in [0.15, 0.2) is 17.5 Å². The maximum Gasteiger partial charge on any atom is 0.251 e. The average molecular weight is 283 g/mol. The maximum atomic E-state index is 13.1. The Morgan fingerprint density at radius 2 is 1.89 bits per heavy atom. The molecule has 0 fully saturated rings. The van der Waals surface area contributed by atoms with Gasteiger partial charge in [-0.25, -0.2) is 21.9 Å². The smallest absolute Gasteiger partial charge is 0.251 e. The van der Waals surface area contributed by atoms with Crippen molar-refractivity contribution < 1.29 is 21.6 Å². The minimum Gasteiger partial charge on any atom is -0.367 e. The van der Waals surface area contributed by atoms with Crippen molar-refractivity contribution in [3.05, 3.63) is 23.6 Å². The fraction of sp³-hybridized carbons (Fsp3) is 0.444. The van der Waals surface area contributed by atoms with Crippen LogP contribution in [0.2, 0.25) is 0 Å². The Kier molecular flexibility index (Phi) is 4.91. The van der Waals surface area contributed by atoms with Crippen LogP contribution in [0.3, 0.4) is 0 Å². The fourth-order valence-electron chi connectivity index (χ4n) is 1.12. The van der Waals surface area contributed by atoms with Crippen LogP contribution in [-0.2, 0) is 10.0 Å². The summed E-state index contributed by atoms with van der Waals surface area (Å²) >= 11 is 0. The minimum absolute atomic E-state index is 0.150. The third-order valence-corrected chi connectivity index (χ3v) is 2.63. The largest absolute Gasteiger partial charge is 0.367 e. The highest BCUT2D eigenvalue weighted by atomic mass is 32.2. The second kappa shape index (κ2) is 6.01. The lowest BCUT2D eigenvalue weighted by atomic mass is 10.4. The second-order valence-electron chi connectivity index (χ2n) is 3.54. The van der Waals surface area contributed by atoms with E-state index in [1.54, 1.807) is 0 Å². The summed E-state index contributed by atoms with van der Waals surface area (Å²) in [6, 6.07) is 0.388. The normalized spacial score (nSPS) is 11.6. The third-order valence-electron chi connectivity index (χ3n) is 1.90. The molecule has 0 aromatic carbocycles. The molecule has 1 aromatic heterocycles. The zero-order valence-corrected chi connectivity index (χ0v) is 10.3. The van der Waals surface area contributed by atoms with Crippen LogP contribution in [0.15, 0.2) is 6.07 Å². The van der Waals surface area contributed by atoms with Crippen molar-refractivity contribution in [1.82, 2.24) is 9.71 Å². The van der Waals surface area contributed by atoms with Gasteiger partial charge < -0.3 is 5.32 Å². The number of pyridine rings is 1. The molecule has 0 spiro atoms. The zero-order chi connectivity index (χ0) is 13.8. The molecule has 9 heteroatoms. The standard InChI is InChI=1S/C9H12F3N3O2S/c1-18(16,17)14-4-2-3-13-9-7(11)5-6(10)8(12)15-9/h5,14H,2-4H2,1H3,(H,13,15). The van der Waals surface area contributed by atoms with E-state index in [0.717, 1.165) is 6.26 Å². The molecule has 0 aliphatic rings. The van der Waals surface area contributed by atoms with Crippen molar-refractivity contribution in [3.63, 3.8) is 0 Å². The summed E-state index contributed by atoms with van der Waals surface area (Å²) in [6.45, 7) is 0.314. The Balaban J connectivity index is 2.43. The van der Waals surface area contributed by atoms with Crippen molar-refractivity contribution in [2.24, 2.45) is 0 Å². The topological polar surface area (TPSA) is 71.1 Å². The molecule has 1 rings (SSSR count). The molecule has 1 aromatic rings. The summed E-state index contributed by atoms with van der Waals surface area (Å²) in [4.78, 5) is 3.05. The lowest BCUT2D eigenvalue weighted by Crippen LogP contribution is -2.24. The quantitative estimate of drug-likeness (QED) is 0.600. The molecule has 0 atom stereocenters. The van der Waals surface area contributed by atoms with Gasteiger partial charge in [0.2, 0.25) is 10.0 Å². The van der Waals surface area contributed by atoms with E-state index in [1.165, 1.54) is 0 Å². The van der Waals surface area contributed by atoms with Crippen molar-refractivity contribution in [3.8, 4) is 0 Å². The van der Waals surface area contributed by atoms with Gasteiger partial charge in [0, 0.05) is 19.2 Å². The van der Waals surface area contributed by atoms with E-state index in [0.29, 0.717) is 12.5 Å². The van der Waals surface area contributed by atoms with Crippen molar-refractivity contribution in [2.75, 3.05) is 24.7 Å².